The summed E-state index contributed by atoms with van der Waals surface area (Å²) >= 11 is 1.56. The zero-order valence-corrected chi connectivity index (χ0v) is 16.1. The van der Waals surface area contributed by atoms with Crippen LogP contribution in [0.15, 0.2) is 21.9 Å². The Bertz CT molecular complexity index is 591. The third-order valence-corrected chi connectivity index (χ3v) is 3.92. The molecule has 24 heavy (non-hydrogen) atoms. The Morgan fingerprint density at radius 1 is 1.33 bits per heavy atom. The van der Waals surface area contributed by atoms with Gasteiger partial charge in [0.15, 0.2) is 0 Å². The number of thiophene rings is 1. The van der Waals surface area contributed by atoms with Crippen molar-refractivity contribution in [2.45, 2.75) is 13.3 Å². The van der Waals surface area contributed by atoms with Gasteiger partial charge in [0, 0.05) is 26.7 Å². The molecule has 2 heterocycles. The summed E-state index contributed by atoms with van der Waals surface area (Å²) in [6.07, 6.45) is 0.235. The highest BCUT2D eigenvalue weighted by atomic mass is 35.5. The summed E-state index contributed by atoms with van der Waals surface area (Å²) in [5.41, 5.74) is 0.688. The lowest BCUT2D eigenvalue weighted by Crippen LogP contribution is -2.34. The average molecular weight is 396 g/mol. The summed E-state index contributed by atoms with van der Waals surface area (Å²) in [5, 5.41) is 8.00. The molecule has 0 bridgehead atoms. The fourth-order valence-electron chi connectivity index (χ4n) is 1.90. The minimum absolute atomic E-state index is 0. The molecule has 2 aromatic rings. The van der Waals surface area contributed by atoms with E-state index in [-0.39, 0.29) is 37.1 Å². The van der Waals surface area contributed by atoms with E-state index < -0.39 is 0 Å². The molecule has 0 saturated carbocycles. The maximum Gasteiger partial charge on any atom is 0.236 e. The molecular weight excluding hydrogens is 373 g/mol. The largest absolute Gasteiger partial charge is 0.440 e. The van der Waals surface area contributed by atoms with Crippen molar-refractivity contribution >= 4 is 42.1 Å². The van der Waals surface area contributed by atoms with Crippen LogP contribution in [0.2, 0.25) is 0 Å². The van der Waals surface area contributed by atoms with E-state index in [1.807, 2.05) is 24.4 Å². The Morgan fingerprint density at radius 3 is 2.79 bits per heavy atom. The van der Waals surface area contributed by atoms with Gasteiger partial charge in [0.05, 0.1) is 23.6 Å². The summed E-state index contributed by atoms with van der Waals surface area (Å²) in [4.78, 5) is 17.3. The lowest BCUT2D eigenvalue weighted by Gasteiger charge is -2.05. The van der Waals surface area contributed by atoms with Crippen molar-refractivity contribution < 1.29 is 13.9 Å². The molecule has 0 aliphatic carbocycles. The van der Waals surface area contributed by atoms with E-state index >= 15 is 0 Å². The number of nitrogens with one attached hydrogen (secondary N) is 2. The van der Waals surface area contributed by atoms with E-state index in [1.54, 1.807) is 18.4 Å². The zero-order chi connectivity index (χ0) is 15.8. The number of oxazole rings is 1. The molecule has 0 atom stereocenters. The molecule has 2 aromatic heterocycles. The number of ether oxygens (including phenoxy) is 1. The summed E-state index contributed by atoms with van der Waals surface area (Å²) < 4.78 is 10.5. The zero-order valence-electron chi connectivity index (χ0n) is 13.7. The van der Waals surface area contributed by atoms with Crippen LogP contribution < -0.4 is 10.6 Å². The van der Waals surface area contributed by atoms with Gasteiger partial charge in [-0.25, -0.2) is 4.98 Å². The summed E-state index contributed by atoms with van der Waals surface area (Å²) in [7, 11) is 1.66. The van der Waals surface area contributed by atoms with Crippen molar-refractivity contribution in [3.63, 3.8) is 0 Å². The molecule has 0 aliphatic rings. The third-order valence-electron chi connectivity index (χ3n) is 3.06. The molecule has 9 heteroatoms. The van der Waals surface area contributed by atoms with E-state index in [9.17, 15) is 4.79 Å². The first-order chi connectivity index (χ1) is 10.7. The van der Waals surface area contributed by atoms with Crippen LogP contribution in [0, 0.1) is 6.92 Å². The molecule has 136 valence electrons. The molecule has 0 unspecified atom stereocenters. The SMILES string of the molecule is COCCNCCNC(=O)Cc1nc(-c2cccs2)oc1C.Cl.Cl. The fraction of sp³-hybridized carbons (Fsp3) is 0.467. The number of carbonyl (C=O) groups excluding carboxylic acids is 1. The smallest absolute Gasteiger partial charge is 0.236 e. The number of amides is 1. The molecule has 2 N–H and O–H groups in total. The van der Waals surface area contributed by atoms with E-state index in [0.717, 1.165) is 11.4 Å². The van der Waals surface area contributed by atoms with Crippen LogP contribution in [0.3, 0.4) is 0 Å². The summed E-state index contributed by atoms with van der Waals surface area (Å²) in [5.74, 6) is 1.22. The Labute approximate surface area is 158 Å². The Morgan fingerprint density at radius 2 is 2.12 bits per heavy atom. The fourth-order valence-corrected chi connectivity index (χ4v) is 2.55. The van der Waals surface area contributed by atoms with Gasteiger partial charge in [-0.2, -0.15) is 0 Å². The van der Waals surface area contributed by atoms with Crippen molar-refractivity contribution in [1.82, 2.24) is 15.6 Å². The van der Waals surface area contributed by atoms with Crippen LogP contribution >= 0.6 is 36.2 Å². The van der Waals surface area contributed by atoms with E-state index in [0.29, 0.717) is 37.0 Å². The van der Waals surface area contributed by atoms with Crippen LogP contribution in [-0.4, -0.2) is 44.2 Å². The Hall–Kier alpha value is -1.12. The average Bonchev–Trinajstić information content (AvgIpc) is 3.13. The molecule has 6 nitrogen and oxygen atoms in total. The number of halogens is 2. The first-order valence-corrected chi connectivity index (χ1v) is 8.05. The van der Waals surface area contributed by atoms with Crippen molar-refractivity contribution in [3.05, 3.63) is 29.0 Å². The van der Waals surface area contributed by atoms with Gasteiger partial charge >= 0.3 is 0 Å². The van der Waals surface area contributed by atoms with Crippen molar-refractivity contribution in [2.24, 2.45) is 0 Å². The quantitative estimate of drug-likeness (QED) is 0.637. The van der Waals surface area contributed by atoms with Gasteiger partial charge < -0.3 is 19.8 Å². The van der Waals surface area contributed by atoms with Crippen LogP contribution in [0.5, 0.6) is 0 Å². The number of methoxy groups -OCH3 is 1. The van der Waals surface area contributed by atoms with Crippen molar-refractivity contribution in [3.8, 4) is 10.8 Å². The Balaban J connectivity index is 0.00000264. The minimum atomic E-state index is -0.0531. The van der Waals surface area contributed by atoms with E-state index in [1.165, 1.54) is 0 Å². The monoisotopic (exact) mass is 395 g/mol. The van der Waals surface area contributed by atoms with Crippen molar-refractivity contribution in [1.29, 1.82) is 0 Å². The van der Waals surface area contributed by atoms with E-state index in [2.05, 4.69) is 15.6 Å². The molecule has 0 aliphatic heterocycles. The molecule has 0 aromatic carbocycles. The predicted molar refractivity (Wildman–Crippen MR) is 101 cm³/mol. The first kappa shape index (κ1) is 22.9. The number of carbonyl (C=O) groups is 1. The molecule has 0 radical (unpaired) electrons. The molecule has 0 spiro atoms. The maximum absolute atomic E-state index is 11.9. The lowest BCUT2D eigenvalue weighted by molar-refractivity contribution is -0.120. The lowest BCUT2D eigenvalue weighted by atomic mass is 10.2. The van der Waals surface area contributed by atoms with Crippen LogP contribution in [-0.2, 0) is 16.0 Å². The second kappa shape index (κ2) is 12.3. The molecule has 0 fully saturated rings. The first-order valence-electron chi connectivity index (χ1n) is 7.17. The second-order valence-corrected chi connectivity index (χ2v) is 5.72. The van der Waals surface area contributed by atoms with Gasteiger partial charge in [0.2, 0.25) is 11.8 Å². The van der Waals surface area contributed by atoms with Gasteiger partial charge in [0.25, 0.3) is 0 Å². The normalized spacial score (nSPS) is 9.92. The number of hydrogen-bond acceptors (Lipinski definition) is 6. The number of rotatable bonds is 9. The minimum Gasteiger partial charge on any atom is -0.440 e. The van der Waals surface area contributed by atoms with Crippen LogP contribution in [0.1, 0.15) is 11.5 Å². The van der Waals surface area contributed by atoms with Gasteiger partial charge in [-0.15, -0.1) is 36.2 Å². The highest BCUT2D eigenvalue weighted by Crippen LogP contribution is 2.25. The highest BCUT2D eigenvalue weighted by Gasteiger charge is 2.14. The number of nitrogens with zero attached hydrogens (tertiary/aromatic N) is 1. The van der Waals surface area contributed by atoms with E-state index in [4.69, 9.17) is 9.15 Å². The number of aromatic nitrogens is 1. The predicted octanol–water partition coefficient (Wildman–Crippen LogP) is 2.45. The van der Waals surface area contributed by atoms with Gasteiger partial charge in [0.1, 0.15) is 5.76 Å². The molecule has 0 saturated heterocycles. The Kier molecular flexibility index (Phi) is 11.7. The van der Waals surface area contributed by atoms with Crippen LogP contribution in [0.25, 0.3) is 10.8 Å². The van der Waals surface area contributed by atoms with Gasteiger partial charge in [-0.05, 0) is 18.4 Å². The highest BCUT2D eigenvalue weighted by molar-refractivity contribution is 7.13. The number of aryl methyl sites for hydroxylation is 1. The molecule has 1 amide bonds. The molecule has 2 rings (SSSR count). The third kappa shape index (κ3) is 7.19. The van der Waals surface area contributed by atoms with Crippen LogP contribution in [0.4, 0.5) is 0 Å². The van der Waals surface area contributed by atoms with Gasteiger partial charge in [-0.1, -0.05) is 6.07 Å². The maximum atomic E-state index is 11.9. The standard InChI is InChI=1S/C15H21N3O3S.2ClH/c1-11-12(18-15(21-11)13-4-3-9-22-13)10-14(19)17-6-5-16-7-8-20-2;;/h3-4,9,16H,5-8,10H2,1-2H3,(H,17,19);2*1H. The summed E-state index contributed by atoms with van der Waals surface area (Å²) in [6, 6.07) is 3.90. The number of hydrogen-bond donors (Lipinski definition) is 2. The summed E-state index contributed by atoms with van der Waals surface area (Å²) in [6.45, 7) is 4.57. The topological polar surface area (TPSA) is 76.4 Å². The van der Waals surface area contributed by atoms with Gasteiger partial charge in [-0.3, -0.25) is 4.79 Å². The molecular formula is C15H23Cl2N3O3S. The second-order valence-electron chi connectivity index (χ2n) is 4.77. The van der Waals surface area contributed by atoms with Crippen molar-refractivity contribution in [2.75, 3.05) is 33.4 Å².